The van der Waals surface area contributed by atoms with E-state index in [4.69, 9.17) is 0 Å². The van der Waals surface area contributed by atoms with Crippen LogP contribution < -0.4 is 5.11 Å². The molecule has 1 heterocycles. The van der Waals surface area contributed by atoms with Crippen molar-refractivity contribution in [3.05, 3.63) is 34.4 Å². The van der Waals surface area contributed by atoms with Crippen molar-refractivity contribution in [3.8, 4) is 0 Å². The normalized spacial score (nSPS) is 10.5. The van der Waals surface area contributed by atoms with Gasteiger partial charge in [-0.3, -0.25) is 0 Å². The first-order valence-electron chi connectivity index (χ1n) is 3.66. The highest BCUT2D eigenvalue weighted by Crippen LogP contribution is 2.22. The lowest BCUT2D eigenvalue weighted by atomic mass is 10.1. The molecular formula is C9H5BrNO2-. The predicted molar refractivity (Wildman–Crippen MR) is 50.3 cm³/mol. The van der Waals surface area contributed by atoms with Gasteiger partial charge in [0.15, 0.2) is 0 Å². The molecule has 0 unspecified atom stereocenters. The molecule has 1 N–H and O–H groups in total. The van der Waals surface area contributed by atoms with Crippen molar-refractivity contribution in [2.75, 3.05) is 0 Å². The Morgan fingerprint density at radius 2 is 2.23 bits per heavy atom. The van der Waals surface area contributed by atoms with Crippen LogP contribution in [0.15, 0.2) is 28.9 Å². The number of fused-ring (bicyclic) bond motifs is 1. The van der Waals surface area contributed by atoms with Crippen LogP contribution in [0.5, 0.6) is 0 Å². The van der Waals surface area contributed by atoms with Gasteiger partial charge in [-0.05, 0) is 18.2 Å². The van der Waals surface area contributed by atoms with E-state index in [2.05, 4.69) is 20.9 Å². The van der Waals surface area contributed by atoms with Crippen LogP contribution in [-0.2, 0) is 0 Å². The van der Waals surface area contributed by atoms with E-state index in [9.17, 15) is 9.90 Å². The van der Waals surface area contributed by atoms with Gasteiger partial charge in [-0.2, -0.15) is 0 Å². The standard InChI is InChI=1S/C9H6BrNO2/c10-5-3-7(9(12)13)6-1-2-11-8(6)4-5/h1-4,11H,(H,12,13)/p-1. The minimum absolute atomic E-state index is 0.200. The number of carboxylic acids is 1. The van der Waals surface area contributed by atoms with Gasteiger partial charge in [0.25, 0.3) is 0 Å². The zero-order chi connectivity index (χ0) is 9.42. The van der Waals surface area contributed by atoms with E-state index in [1.165, 1.54) is 6.07 Å². The number of carbonyl (C=O) groups excluding carboxylic acids is 1. The smallest absolute Gasteiger partial charge is 0.0722 e. The third-order valence-corrected chi connectivity index (χ3v) is 2.31. The summed E-state index contributed by atoms with van der Waals surface area (Å²) < 4.78 is 0.724. The SMILES string of the molecule is O=C([O-])c1cc(Br)cc2[nH]ccc12. The van der Waals surface area contributed by atoms with Crippen molar-refractivity contribution < 1.29 is 9.90 Å². The molecular weight excluding hydrogens is 234 g/mol. The number of rotatable bonds is 1. The maximum absolute atomic E-state index is 10.7. The topological polar surface area (TPSA) is 55.9 Å². The Balaban J connectivity index is 2.84. The fourth-order valence-electron chi connectivity index (χ4n) is 1.30. The molecule has 13 heavy (non-hydrogen) atoms. The van der Waals surface area contributed by atoms with Crippen LogP contribution in [0, 0.1) is 0 Å². The first kappa shape index (κ1) is 8.31. The Kier molecular flexibility index (Phi) is 1.84. The van der Waals surface area contributed by atoms with E-state index in [1.54, 1.807) is 12.3 Å². The van der Waals surface area contributed by atoms with Gasteiger partial charge in [0.05, 0.1) is 5.97 Å². The molecule has 0 saturated carbocycles. The lowest BCUT2D eigenvalue weighted by Gasteiger charge is -2.04. The number of carboxylic acid groups (broad SMARTS) is 1. The third kappa shape index (κ3) is 1.33. The van der Waals surface area contributed by atoms with Crippen molar-refractivity contribution in [1.82, 2.24) is 4.98 Å². The van der Waals surface area contributed by atoms with Gasteiger partial charge < -0.3 is 14.9 Å². The molecule has 4 heteroatoms. The van der Waals surface area contributed by atoms with Gasteiger partial charge in [0, 0.05) is 27.1 Å². The monoisotopic (exact) mass is 238 g/mol. The van der Waals surface area contributed by atoms with Gasteiger partial charge >= 0.3 is 0 Å². The number of carbonyl (C=O) groups is 1. The maximum atomic E-state index is 10.7. The van der Waals surface area contributed by atoms with Gasteiger partial charge in [-0.15, -0.1) is 0 Å². The molecule has 2 aromatic rings. The molecule has 0 spiro atoms. The number of nitrogens with one attached hydrogen (secondary N) is 1. The summed E-state index contributed by atoms with van der Waals surface area (Å²) in [6, 6.07) is 5.07. The second-order valence-electron chi connectivity index (χ2n) is 2.68. The number of benzene rings is 1. The average molecular weight is 239 g/mol. The molecule has 0 amide bonds. The molecule has 0 aliphatic heterocycles. The number of aromatic amines is 1. The van der Waals surface area contributed by atoms with Gasteiger partial charge in [-0.1, -0.05) is 15.9 Å². The van der Waals surface area contributed by atoms with Gasteiger partial charge in [-0.25, -0.2) is 0 Å². The number of H-pyrrole nitrogens is 1. The Bertz CT molecular complexity index is 475. The fourth-order valence-corrected chi connectivity index (χ4v) is 1.76. The molecule has 1 aromatic carbocycles. The molecule has 1 aromatic heterocycles. The molecule has 0 fully saturated rings. The van der Waals surface area contributed by atoms with Crippen molar-refractivity contribution in [3.63, 3.8) is 0 Å². The maximum Gasteiger partial charge on any atom is 0.0722 e. The Labute approximate surface area is 82.5 Å². The van der Waals surface area contributed by atoms with Gasteiger partial charge in [0.1, 0.15) is 0 Å². The van der Waals surface area contributed by atoms with E-state index in [-0.39, 0.29) is 5.56 Å². The van der Waals surface area contributed by atoms with Crippen molar-refractivity contribution in [2.45, 2.75) is 0 Å². The Morgan fingerprint density at radius 3 is 2.92 bits per heavy atom. The molecule has 0 radical (unpaired) electrons. The summed E-state index contributed by atoms with van der Waals surface area (Å²) >= 11 is 3.23. The van der Waals surface area contributed by atoms with Gasteiger partial charge in [0.2, 0.25) is 0 Å². The van der Waals surface area contributed by atoms with E-state index in [0.717, 1.165) is 9.99 Å². The predicted octanol–water partition coefficient (Wildman–Crippen LogP) is 1.29. The molecule has 0 aliphatic rings. The molecule has 2 rings (SSSR count). The summed E-state index contributed by atoms with van der Waals surface area (Å²) in [6.45, 7) is 0. The molecule has 0 atom stereocenters. The first-order valence-corrected chi connectivity index (χ1v) is 4.46. The second kappa shape index (κ2) is 2.88. The summed E-state index contributed by atoms with van der Waals surface area (Å²) in [4.78, 5) is 13.7. The largest absolute Gasteiger partial charge is 0.545 e. The molecule has 66 valence electrons. The van der Waals surface area contributed by atoms with Crippen molar-refractivity contribution in [2.24, 2.45) is 0 Å². The van der Waals surface area contributed by atoms with Crippen LogP contribution in [0.3, 0.4) is 0 Å². The van der Waals surface area contributed by atoms with Crippen molar-refractivity contribution >= 4 is 32.8 Å². The summed E-state index contributed by atoms with van der Waals surface area (Å²) in [5.74, 6) is -1.16. The van der Waals surface area contributed by atoms with Crippen LogP contribution >= 0.6 is 15.9 Å². The highest BCUT2D eigenvalue weighted by atomic mass is 79.9. The second-order valence-corrected chi connectivity index (χ2v) is 3.60. The van der Waals surface area contributed by atoms with E-state index in [0.29, 0.717) is 5.39 Å². The summed E-state index contributed by atoms with van der Waals surface area (Å²) in [7, 11) is 0. The highest BCUT2D eigenvalue weighted by molar-refractivity contribution is 9.10. The van der Waals surface area contributed by atoms with Crippen molar-refractivity contribution in [1.29, 1.82) is 0 Å². The molecule has 0 aliphatic carbocycles. The Hall–Kier alpha value is -1.29. The van der Waals surface area contributed by atoms with Crippen LogP contribution in [0.2, 0.25) is 0 Å². The number of halogens is 1. The number of aromatic carboxylic acids is 1. The van der Waals surface area contributed by atoms with Crippen LogP contribution in [-0.4, -0.2) is 11.0 Å². The Morgan fingerprint density at radius 1 is 1.46 bits per heavy atom. The first-order chi connectivity index (χ1) is 6.18. The average Bonchev–Trinajstić information content (AvgIpc) is 2.49. The number of aromatic nitrogens is 1. The van der Waals surface area contributed by atoms with Crippen LogP contribution in [0.1, 0.15) is 10.4 Å². The summed E-state index contributed by atoms with van der Waals surface area (Å²) in [5, 5.41) is 11.4. The summed E-state index contributed by atoms with van der Waals surface area (Å²) in [5.41, 5.74) is 0.985. The molecule has 0 saturated heterocycles. The fraction of sp³-hybridized carbons (Fsp3) is 0. The minimum atomic E-state index is -1.16. The zero-order valence-electron chi connectivity index (χ0n) is 6.50. The lowest BCUT2D eigenvalue weighted by Crippen LogP contribution is -2.22. The van der Waals surface area contributed by atoms with E-state index >= 15 is 0 Å². The van der Waals surface area contributed by atoms with E-state index in [1.807, 2.05) is 6.07 Å². The van der Waals surface area contributed by atoms with Crippen LogP contribution in [0.25, 0.3) is 10.9 Å². The highest BCUT2D eigenvalue weighted by Gasteiger charge is 2.03. The number of hydrogen-bond acceptors (Lipinski definition) is 2. The quantitative estimate of drug-likeness (QED) is 0.815. The summed E-state index contributed by atoms with van der Waals surface area (Å²) in [6.07, 6.45) is 1.70. The number of hydrogen-bond donors (Lipinski definition) is 1. The minimum Gasteiger partial charge on any atom is -0.545 e. The zero-order valence-corrected chi connectivity index (χ0v) is 8.09. The van der Waals surface area contributed by atoms with Crippen LogP contribution in [0.4, 0.5) is 0 Å². The third-order valence-electron chi connectivity index (χ3n) is 1.85. The molecule has 0 bridgehead atoms. The van der Waals surface area contributed by atoms with E-state index < -0.39 is 5.97 Å². The lowest BCUT2D eigenvalue weighted by molar-refractivity contribution is -0.254. The molecule has 3 nitrogen and oxygen atoms in total.